The molecule has 0 aliphatic rings. The van der Waals surface area contributed by atoms with Crippen LogP contribution in [0, 0.1) is 6.92 Å². The first-order valence-electron chi connectivity index (χ1n) is 9.40. The molecule has 3 N–H and O–H groups in total. The smallest absolute Gasteiger partial charge is 0.255 e. The van der Waals surface area contributed by atoms with Crippen LogP contribution >= 0.6 is 0 Å². The highest BCUT2D eigenvalue weighted by Crippen LogP contribution is 2.31. The van der Waals surface area contributed by atoms with E-state index < -0.39 is 0 Å². The van der Waals surface area contributed by atoms with Gasteiger partial charge in [-0.15, -0.1) is 0 Å². The standard InChI is InChI=1S/C23H26N2O4/c1-15-6-4-5-7-16(15)11-20(17-8-9-21(27-2)22(12-17)28-3)25-23(26)18-10-19(13-24)29-14-18/h4-10,12,14,20H,11,13,24H2,1-3H3,(H,25,26). The average molecular weight is 394 g/mol. The van der Waals surface area contributed by atoms with E-state index in [0.717, 1.165) is 11.1 Å². The fourth-order valence-corrected chi connectivity index (χ4v) is 3.23. The van der Waals surface area contributed by atoms with Crippen molar-refractivity contribution in [2.75, 3.05) is 14.2 Å². The molecule has 0 spiro atoms. The Labute approximate surface area is 170 Å². The summed E-state index contributed by atoms with van der Waals surface area (Å²) in [6.45, 7) is 2.31. The van der Waals surface area contributed by atoms with Crippen LogP contribution in [-0.4, -0.2) is 20.1 Å². The summed E-state index contributed by atoms with van der Waals surface area (Å²) in [5.41, 5.74) is 9.27. The third kappa shape index (κ3) is 4.78. The lowest BCUT2D eigenvalue weighted by Gasteiger charge is -2.21. The van der Waals surface area contributed by atoms with E-state index in [2.05, 4.69) is 24.4 Å². The lowest BCUT2D eigenvalue weighted by Crippen LogP contribution is -2.30. The molecular weight excluding hydrogens is 368 g/mol. The number of aryl methyl sites for hydroxylation is 1. The fraction of sp³-hybridized carbons (Fsp3) is 0.261. The van der Waals surface area contributed by atoms with Crippen molar-refractivity contribution >= 4 is 5.91 Å². The Kier molecular flexibility index (Phi) is 6.57. The van der Waals surface area contributed by atoms with Crippen molar-refractivity contribution in [3.63, 3.8) is 0 Å². The van der Waals surface area contributed by atoms with Gasteiger partial charge in [-0.1, -0.05) is 30.3 Å². The van der Waals surface area contributed by atoms with Crippen LogP contribution in [-0.2, 0) is 13.0 Å². The van der Waals surface area contributed by atoms with E-state index in [9.17, 15) is 4.79 Å². The maximum absolute atomic E-state index is 12.8. The number of methoxy groups -OCH3 is 2. The fourth-order valence-electron chi connectivity index (χ4n) is 3.23. The number of nitrogens with one attached hydrogen (secondary N) is 1. The number of furan rings is 1. The Hall–Kier alpha value is -3.25. The van der Waals surface area contributed by atoms with Gasteiger partial charge in [0.15, 0.2) is 11.5 Å². The summed E-state index contributed by atoms with van der Waals surface area (Å²) in [4.78, 5) is 12.8. The molecule has 1 amide bonds. The Morgan fingerprint density at radius 2 is 1.86 bits per heavy atom. The Bertz CT molecular complexity index is 981. The Morgan fingerprint density at radius 1 is 1.10 bits per heavy atom. The lowest BCUT2D eigenvalue weighted by atomic mass is 9.95. The molecule has 6 heteroatoms. The minimum atomic E-state index is -0.264. The number of hydrogen-bond donors (Lipinski definition) is 2. The first kappa shape index (κ1) is 20.5. The van der Waals surface area contributed by atoms with Crippen LogP contribution in [0.4, 0.5) is 0 Å². The minimum Gasteiger partial charge on any atom is -0.493 e. The number of nitrogens with two attached hydrogens (primary N) is 1. The average Bonchev–Trinajstić information content (AvgIpc) is 3.23. The van der Waals surface area contributed by atoms with Crippen molar-refractivity contribution in [2.45, 2.75) is 25.9 Å². The van der Waals surface area contributed by atoms with Crippen LogP contribution in [0.5, 0.6) is 11.5 Å². The van der Waals surface area contributed by atoms with Gasteiger partial charge in [0.2, 0.25) is 0 Å². The second-order valence-electron chi connectivity index (χ2n) is 6.78. The summed E-state index contributed by atoms with van der Waals surface area (Å²) in [5.74, 6) is 1.60. The highest BCUT2D eigenvalue weighted by Gasteiger charge is 2.20. The minimum absolute atomic E-state index is 0.221. The van der Waals surface area contributed by atoms with Gasteiger partial charge in [0.25, 0.3) is 5.91 Å². The van der Waals surface area contributed by atoms with Gasteiger partial charge in [0.05, 0.1) is 32.4 Å². The van der Waals surface area contributed by atoms with Crippen LogP contribution in [0.2, 0.25) is 0 Å². The van der Waals surface area contributed by atoms with E-state index in [-0.39, 0.29) is 18.5 Å². The third-order valence-electron chi connectivity index (χ3n) is 4.92. The molecule has 1 aromatic heterocycles. The molecular formula is C23H26N2O4. The molecule has 0 fully saturated rings. The van der Waals surface area contributed by atoms with Gasteiger partial charge in [-0.2, -0.15) is 0 Å². The number of carbonyl (C=O) groups excluding carboxylic acids is 1. The zero-order valence-corrected chi connectivity index (χ0v) is 16.9. The summed E-state index contributed by atoms with van der Waals surface area (Å²) in [6, 6.07) is 15.2. The van der Waals surface area contributed by atoms with Crippen molar-refractivity contribution in [1.82, 2.24) is 5.32 Å². The zero-order valence-electron chi connectivity index (χ0n) is 16.9. The molecule has 6 nitrogen and oxygen atoms in total. The summed E-state index contributed by atoms with van der Waals surface area (Å²) in [6.07, 6.45) is 2.06. The van der Waals surface area contributed by atoms with E-state index in [1.54, 1.807) is 20.3 Å². The molecule has 1 heterocycles. The molecule has 0 saturated carbocycles. The maximum Gasteiger partial charge on any atom is 0.255 e. The molecule has 1 unspecified atom stereocenters. The molecule has 3 rings (SSSR count). The summed E-state index contributed by atoms with van der Waals surface area (Å²) >= 11 is 0. The van der Waals surface area contributed by atoms with Crippen LogP contribution in [0.1, 0.15) is 38.9 Å². The second kappa shape index (κ2) is 9.30. The van der Waals surface area contributed by atoms with Crippen LogP contribution < -0.4 is 20.5 Å². The zero-order chi connectivity index (χ0) is 20.8. The van der Waals surface area contributed by atoms with Gasteiger partial charge in [-0.3, -0.25) is 4.79 Å². The number of rotatable bonds is 8. The molecule has 1 atom stereocenters. The van der Waals surface area contributed by atoms with Crippen molar-refractivity contribution in [1.29, 1.82) is 0 Å². The molecule has 3 aromatic rings. The molecule has 0 saturated heterocycles. The van der Waals surface area contributed by atoms with Gasteiger partial charge >= 0.3 is 0 Å². The molecule has 29 heavy (non-hydrogen) atoms. The Morgan fingerprint density at radius 3 is 2.52 bits per heavy atom. The van der Waals surface area contributed by atoms with Crippen LogP contribution in [0.25, 0.3) is 0 Å². The largest absolute Gasteiger partial charge is 0.493 e. The third-order valence-corrected chi connectivity index (χ3v) is 4.92. The van der Waals surface area contributed by atoms with Gasteiger partial charge in [0.1, 0.15) is 12.0 Å². The predicted molar refractivity (Wildman–Crippen MR) is 111 cm³/mol. The molecule has 152 valence electrons. The topological polar surface area (TPSA) is 86.7 Å². The van der Waals surface area contributed by atoms with Gasteiger partial charge in [-0.05, 0) is 48.2 Å². The number of carbonyl (C=O) groups is 1. The molecule has 0 bridgehead atoms. The summed E-state index contributed by atoms with van der Waals surface area (Å²) in [7, 11) is 3.19. The lowest BCUT2D eigenvalue weighted by molar-refractivity contribution is 0.0935. The monoisotopic (exact) mass is 394 g/mol. The quantitative estimate of drug-likeness (QED) is 0.607. The van der Waals surface area contributed by atoms with Gasteiger partial charge in [-0.25, -0.2) is 0 Å². The molecule has 0 aliphatic carbocycles. The first-order valence-corrected chi connectivity index (χ1v) is 9.40. The van der Waals surface area contributed by atoms with Crippen LogP contribution in [0.3, 0.4) is 0 Å². The molecule has 0 radical (unpaired) electrons. The van der Waals surface area contributed by atoms with E-state index >= 15 is 0 Å². The maximum atomic E-state index is 12.8. The predicted octanol–water partition coefficient (Wildman–Crippen LogP) is 3.78. The van der Waals surface area contributed by atoms with Crippen molar-refractivity contribution in [2.24, 2.45) is 5.73 Å². The number of ether oxygens (including phenoxy) is 2. The van der Waals surface area contributed by atoms with E-state index in [1.165, 1.54) is 11.8 Å². The second-order valence-corrected chi connectivity index (χ2v) is 6.78. The molecule has 2 aromatic carbocycles. The molecule has 0 aliphatic heterocycles. The van der Waals surface area contributed by atoms with Crippen molar-refractivity contribution in [3.8, 4) is 11.5 Å². The van der Waals surface area contributed by atoms with Crippen LogP contribution in [0.15, 0.2) is 59.2 Å². The highest BCUT2D eigenvalue weighted by molar-refractivity contribution is 5.94. The van der Waals surface area contributed by atoms with Gasteiger partial charge < -0.3 is 24.9 Å². The highest BCUT2D eigenvalue weighted by atomic mass is 16.5. The van der Waals surface area contributed by atoms with E-state index in [0.29, 0.717) is 29.2 Å². The Balaban J connectivity index is 1.93. The summed E-state index contributed by atoms with van der Waals surface area (Å²) in [5, 5.41) is 3.12. The normalized spacial score (nSPS) is 11.7. The number of benzene rings is 2. The van der Waals surface area contributed by atoms with Gasteiger partial charge in [0, 0.05) is 0 Å². The SMILES string of the molecule is COc1ccc(C(Cc2ccccc2C)NC(=O)c2coc(CN)c2)cc1OC. The van der Waals surface area contributed by atoms with E-state index in [1.807, 2.05) is 30.3 Å². The number of hydrogen-bond acceptors (Lipinski definition) is 5. The number of amides is 1. The first-order chi connectivity index (χ1) is 14.0. The van der Waals surface area contributed by atoms with Crippen molar-refractivity contribution < 1.29 is 18.7 Å². The van der Waals surface area contributed by atoms with Crippen molar-refractivity contribution in [3.05, 3.63) is 82.8 Å². The van der Waals surface area contributed by atoms with E-state index in [4.69, 9.17) is 19.6 Å². The summed E-state index contributed by atoms with van der Waals surface area (Å²) < 4.78 is 16.1.